The Hall–Kier alpha value is -1.36. The Morgan fingerprint density at radius 1 is 1.14 bits per heavy atom. The smallest absolute Gasteiger partial charge is 0.219 e. The van der Waals surface area contributed by atoms with E-state index in [1.807, 2.05) is 4.90 Å². The van der Waals surface area contributed by atoms with Crippen molar-refractivity contribution in [3.8, 4) is 0 Å². The second kappa shape index (κ2) is 13.0. The van der Waals surface area contributed by atoms with Crippen LogP contribution in [0.4, 0.5) is 0 Å². The summed E-state index contributed by atoms with van der Waals surface area (Å²) in [5.74, 6) is 1.90. The largest absolute Gasteiger partial charge is 0.361 e. The summed E-state index contributed by atoms with van der Waals surface area (Å²) < 4.78 is 5.42. The minimum absolute atomic E-state index is 0. The number of piperazine rings is 1. The molecule has 0 bridgehead atoms. The lowest BCUT2D eigenvalue weighted by Crippen LogP contribution is -2.50. The van der Waals surface area contributed by atoms with Crippen molar-refractivity contribution in [1.82, 2.24) is 25.6 Å². The van der Waals surface area contributed by atoms with Crippen molar-refractivity contribution < 1.29 is 9.32 Å². The molecular weight excluding hydrogens is 471 g/mol. The molecule has 2 rings (SSSR count). The molecule has 1 fully saturated rings. The summed E-state index contributed by atoms with van der Waals surface area (Å²) in [6, 6.07) is 0. The molecule has 0 spiro atoms. The molecule has 9 heteroatoms. The lowest BCUT2D eigenvalue weighted by Gasteiger charge is -2.34. The molecule has 2 heterocycles. The lowest BCUT2D eigenvalue weighted by molar-refractivity contribution is -0.130. The number of carbonyl (C=O) groups is 1. The van der Waals surface area contributed by atoms with Crippen LogP contribution in [0.3, 0.4) is 0 Å². The average molecular weight is 506 g/mol. The number of amides is 1. The Balaban J connectivity index is 0.00000392. The fraction of sp³-hybridized carbons (Fsp3) is 0.737. The molecule has 1 aliphatic heterocycles. The number of aryl methyl sites for hydroxylation is 2. The molecule has 1 aliphatic rings. The number of rotatable bonds is 8. The van der Waals surface area contributed by atoms with Gasteiger partial charge in [0, 0.05) is 64.7 Å². The van der Waals surface area contributed by atoms with Crippen molar-refractivity contribution in [3.63, 3.8) is 0 Å². The van der Waals surface area contributed by atoms with E-state index in [-0.39, 0.29) is 29.9 Å². The monoisotopic (exact) mass is 506 g/mol. The Bertz CT molecular complexity index is 604. The predicted octanol–water partition coefficient (Wildman–Crippen LogP) is 1.64. The van der Waals surface area contributed by atoms with Crippen molar-refractivity contribution in [2.75, 3.05) is 45.8 Å². The highest BCUT2D eigenvalue weighted by molar-refractivity contribution is 14.0. The van der Waals surface area contributed by atoms with Crippen LogP contribution in [0, 0.1) is 0 Å². The van der Waals surface area contributed by atoms with Crippen LogP contribution < -0.4 is 10.6 Å². The van der Waals surface area contributed by atoms with E-state index in [9.17, 15) is 4.79 Å². The Morgan fingerprint density at radius 3 is 2.43 bits per heavy atom. The van der Waals surface area contributed by atoms with Gasteiger partial charge in [-0.25, -0.2) is 4.99 Å². The molecule has 1 saturated heterocycles. The average Bonchev–Trinajstić information content (AvgIpc) is 3.08. The standard InChI is InChI=1S/C19H34N6O2.HI/c1-5-17-16(18(6-2)27-23-17)14-22-19(20-7-3)21-8-9-24-10-12-25(13-11-24)15(4)26;/h5-14H2,1-4H3,(H2,20,21,22);1H. The second-order valence-electron chi connectivity index (χ2n) is 6.71. The zero-order valence-corrected chi connectivity index (χ0v) is 19.9. The summed E-state index contributed by atoms with van der Waals surface area (Å²) in [6.07, 6.45) is 1.68. The minimum atomic E-state index is 0. The SMILES string of the molecule is CCNC(=NCc1c(CC)noc1CC)NCCN1CCN(C(C)=O)CC1.I. The summed E-state index contributed by atoms with van der Waals surface area (Å²) in [5, 5.41) is 10.9. The maximum absolute atomic E-state index is 11.4. The number of hydrogen-bond donors (Lipinski definition) is 2. The molecule has 0 aliphatic carbocycles. The van der Waals surface area contributed by atoms with E-state index in [1.54, 1.807) is 6.92 Å². The number of nitrogens with zero attached hydrogens (tertiary/aromatic N) is 4. The zero-order chi connectivity index (χ0) is 19.6. The second-order valence-corrected chi connectivity index (χ2v) is 6.71. The first kappa shape index (κ1) is 24.7. The van der Waals surface area contributed by atoms with Gasteiger partial charge in [-0.15, -0.1) is 24.0 Å². The van der Waals surface area contributed by atoms with Gasteiger partial charge in [0.15, 0.2) is 5.96 Å². The van der Waals surface area contributed by atoms with E-state index in [0.717, 1.165) is 81.6 Å². The van der Waals surface area contributed by atoms with Crippen LogP contribution in [0.15, 0.2) is 9.52 Å². The zero-order valence-electron chi connectivity index (χ0n) is 17.6. The molecule has 0 saturated carbocycles. The summed E-state index contributed by atoms with van der Waals surface area (Å²) in [4.78, 5) is 20.4. The Kier molecular flexibility index (Phi) is 11.4. The van der Waals surface area contributed by atoms with Gasteiger partial charge in [-0.05, 0) is 13.3 Å². The third-order valence-corrected chi connectivity index (χ3v) is 4.88. The van der Waals surface area contributed by atoms with Gasteiger partial charge in [-0.3, -0.25) is 9.69 Å². The molecule has 0 unspecified atom stereocenters. The van der Waals surface area contributed by atoms with Crippen LogP contribution in [-0.2, 0) is 24.2 Å². The highest BCUT2D eigenvalue weighted by atomic mass is 127. The maximum Gasteiger partial charge on any atom is 0.219 e. The molecule has 1 aromatic rings. The van der Waals surface area contributed by atoms with Gasteiger partial charge in [0.05, 0.1) is 12.2 Å². The highest BCUT2D eigenvalue weighted by Crippen LogP contribution is 2.16. The van der Waals surface area contributed by atoms with E-state index in [0.29, 0.717) is 6.54 Å². The van der Waals surface area contributed by atoms with E-state index < -0.39 is 0 Å². The van der Waals surface area contributed by atoms with Crippen molar-refractivity contribution in [1.29, 1.82) is 0 Å². The maximum atomic E-state index is 11.4. The normalized spacial score (nSPS) is 15.3. The van der Waals surface area contributed by atoms with E-state index in [4.69, 9.17) is 9.52 Å². The predicted molar refractivity (Wildman–Crippen MR) is 122 cm³/mol. The first-order chi connectivity index (χ1) is 13.1. The van der Waals surface area contributed by atoms with Gasteiger partial charge in [-0.2, -0.15) is 0 Å². The molecule has 8 nitrogen and oxygen atoms in total. The first-order valence-electron chi connectivity index (χ1n) is 10.0. The van der Waals surface area contributed by atoms with Crippen LogP contribution in [-0.4, -0.2) is 72.6 Å². The lowest BCUT2D eigenvalue weighted by atomic mass is 10.1. The van der Waals surface area contributed by atoms with Crippen molar-refractivity contribution in [3.05, 3.63) is 17.0 Å². The van der Waals surface area contributed by atoms with E-state index >= 15 is 0 Å². The van der Waals surface area contributed by atoms with Crippen LogP contribution in [0.1, 0.15) is 44.7 Å². The summed E-state index contributed by atoms with van der Waals surface area (Å²) >= 11 is 0. The molecule has 0 radical (unpaired) electrons. The van der Waals surface area contributed by atoms with Gasteiger partial charge in [-0.1, -0.05) is 19.0 Å². The van der Waals surface area contributed by atoms with Crippen LogP contribution >= 0.6 is 24.0 Å². The molecule has 1 aromatic heterocycles. The Labute approximate surface area is 185 Å². The number of aliphatic imine (C=N–C) groups is 1. The number of guanidine groups is 1. The molecular formula is C19H35IN6O2. The van der Waals surface area contributed by atoms with Gasteiger partial charge in [0.25, 0.3) is 0 Å². The molecule has 160 valence electrons. The van der Waals surface area contributed by atoms with Gasteiger partial charge < -0.3 is 20.1 Å². The molecule has 0 atom stereocenters. The summed E-state index contributed by atoms with van der Waals surface area (Å²) in [5.41, 5.74) is 2.10. The fourth-order valence-corrected chi connectivity index (χ4v) is 3.24. The molecule has 28 heavy (non-hydrogen) atoms. The quantitative estimate of drug-likeness (QED) is 0.317. The summed E-state index contributed by atoms with van der Waals surface area (Å²) in [6.45, 7) is 14.5. The molecule has 1 amide bonds. The first-order valence-corrected chi connectivity index (χ1v) is 10.0. The topological polar surface area (TPSA) is 86.0 Å². The van der Waals surface area contributed by atoms with Crippen LogP contribution in [0.25, 0.3) is 0 Å². The van der Waals surface area contributed by atoms with Gasteiger partial charge >= 0.3 is 0 Å². The van der Waals surface area contributed by atoms with E-state index in [1.165, 1.54) is 0 Å². The number of aromatic nitrogens is 1. The van der Waals surface area contributed by atoms with Crippen LogP contribution in [0.5, 0.6) is 0 Å². The third kappa shape index (κ3) is 7.23. The van der Waals surface area contributed by atoms with Crippen molar-refractivity contribution in [2.24, 2.45) is 4.99 Å². The Morgan fingerprint density at radius 2 is 1.86 bits per heavy atom. The number of hydrogen-bond acceptors (Lipinski definition) is 5. The highest BCUT2D eigenvalue weighted by Gasteiger charge is 2.18. The molecule has 2 N–H and O–H groups in total. The summed E-state index contributed by atoms with van der Waals surface area (Å²) in [7, 11) is 0. The van der Waals surface area contributed by atoms with Crippen LogP contribution in [0.2, 0.25) is 0 Å². The third-order valence-electron chi connectivity index (χ3n) is 4.88. The van der Waals surface area contributed by atoms with E-state index in [2.05, 4.69) is 41.5 Å². The minimum Gasteiger partial charge on any atom is -0.361 e. The number of halogens is 1. The van der Waals surface area contributed by atoms with Gasteiger partial charge in [0.1, 0.15) is 5.76 Å². The number of carbonyl (C=O) groups excluding carboxylic acids is 1. The fourth-order valence-electron chi connectivity index (χ4n) is 3.24. The number of nitrogens with one attached hydrogen (secondary N) is 2. The van der Waals surface area contributed by atoms with Crippen molar-refractivity contribution in [2.45, 2.75) is 47.1 Å². The van der Waals surface area contributed by atoms with Crippen molar-refractivity contribution >= 4 is 35.8 Å². The van der Waals surface area contributed by atoms with Gasteiger partial charge in [0.2, 0.25) is 5.91 Å². The molecule has 0 aromatic carbocycles.